The van der Waals surface area contributed by atoms with Crippen molar-refractivity contribution >= 4 is 46.4 Å². The number of halogens is 2. The van der Waals surface area contributed by atoms with Crippen LogP contribution >= 0.6 is 23.2 Å². The van der Waals surface area contributed by atoms with Crippen molar-refractivity contribution in [2.45, 2.75) is 76.9 Å². The highest BCUT2D eigenvalue weighted by Gasteiger charge is 2.67. The third-order valence-electron chi connectivity index (χ3n) is 11.1. The number of carboxylic acid groups (broad SMARTS) is 1. The number of benzene rings is 1. The van der Waals surface area contributed by atoms with Gasteiger partial charge in [0.05, 0.1) is 6.10 Å². The number of aliphatic hydroxyl groups is 3. The molecule has 248 valence electrons. The van der Waals surface area contributed by atoms with E-state index in [-0.39, 0.29) is 35.4 Å². The number of carbonyl (C=O) groups is 3. The highest BCUT2D eigenvalue weighted by molar-refractivity contribution is 6.18. The summed E-state index contributed by atoms with van der Waals surface area (Å²) in [5.41, 5.74) is 0.713. The molecule has 4 N–H and O–H groups in total. The second-order valence-corrected chi connectivity index (χ2v) is 14.2. The van der Waals surface area contributed by atoms with Crippen molar-refractivity contribution < 1.29 is 34.8 Å². The van der Waals surface area contributed by atoms with E-state index in [1.807, 2.05) is 37.3 Å². The lowest BCUT2D eigenvalue weighted by Gasteiger charge is -2.59. The number of rotatable bonds is 11. The summed E-state index contributed by atoms with van der Waals surface area (Å²) in [5, 5.41) is 40.3. The lowest BCUT2D eigenvalue weighted by molar-refractivity contribution is -0.178. The first-order valence-electron chi connectivity index (χ1n) is 16.0. The molecular formula is C35H47Cl2NO7. The molecule has 0 aliphatic heterocycles. The van der Waals surface area contributed by atoms with Gasteiger partial charge < -0.3 is 25.3 Å². The summed E-state index contributed by atoms with van der Waals surface area (Å²) in [5.74, 6) is 0.163. The quantitative estimate of drug-likeness (QED) is 0.245. The number of ketones is 2. The van der Waals surface area contributed by atoms with E-state index >= 15 is 0 Å². The summed E-state index contributed by atoms with van der Waals surface area (Å²) in [6.07, 6.45) is 9.35. The maximum Gasteiger partial charge on any atom is 0.303 e. The highest BCUT2D eigenvalue weighted by Crippen LogP contribution is 2.67. The Balaban J connectivity index is 0.000000217. The molecule has 10 heteroatoms. The fourth-order valence-electron chi connectivity index (χ4n) is 8.81. The van der Waals surface area contributed by atoms with Crippen LogP contribution in [0, 0.1) is 28.6 Å². The van der Waals surface area contributed by atoms with Crippen LogP contribution in [0.1, 0.15) is 64.4 Å². The second kappa shape index (κ2) is 14.7. The number of carboxylic acids is 1. The third-order valence-corrected chi connectivity index (χ3v) is 11.5. The molecule has 0 aromatic heterocycles. The molecule has 0 saturated heterocycles. The Morgan fingerprint density at radius 2 is 1.73 bits per heavy atom. The fraction of sp³-hybridized carbons (Fsp3) is 0.629. The van der Waals surface area contributed by atoms with Crippen molar-refractivity contribution in [2.75, 3.05) is 36.4 Å². The number of hydrogen-bond acceptors (Lipinski definition) is 7. The maximum atomic E-state index is 12.4. The van der Waals surface area contributed by atoms with Crippen LogP contribution < -0.4 is 4.90 Å². The Morgan fingerprint density at radius 1 is 1.07 bits per heavy atom. The summed E-state index contributed by atoms with van der Waals surface area (Å²) >= 11 is 11.5. The van der Waals surface area contributed by atoms with Gasteiger partial charge in [0, 0.05) is 53.7 Å². The number of alkyl halides is 2. The van der Waals surface area contributed by atoms with Gasteiger partial charge in [0.25, 0.3) is 0 Å². The van der Waals surface area contributed by atoms with Crippen LogP contribution in [0.2, 0.25) is 0 Å². The fourth-order valence-corrected chi connectivity index (χ4v) is 9.22. The van der Waals surface area contributed by atoms with Crippen molar-refractivity contribution in [3.8, 4) is 0 Å². The van der Waals surface area contributed by atoms with Crippen LogP contribution in [-0.2, 0) is 20.8 Å². The number of carbonyl (C=O) groups excluding carboxylic acids is 2. The molecule has 0 spiro atoms. The summed E-state index contributed by atoms with van der Waals surface area (Å²) in [7, 11) is 0. The number of nitrogens with zero attached hydrogens (tertiary/aromatic N) is 1. The zero-order chi connectivity index (χ0) is 33.0. The monoisotopic (exact) mass is 663 g/mol. The van der Waals surface area contributed by atoms with E-state index in [9.17, 15) is 29.7 Å². The average molecular weight is 665 g/mol. The molecule has 7 atom stereocenters. The molecule has 45 heavy (non-hydrogen) atoms. The van der Waals surface area contributed by atoms with Gasteiger partial charge in [-0.3, -0.25) is 14.4 Å². The average Bonchev–Trinajstić information content (AvgIpc) is 3.28. The predicted octanol–water partition coefficient (Wildman–Crippen LogP) is 4.94. The largest absolute Gasteiger partial charge is 0.481 e. The van der Waals surface area contributed by atoms with Gasteiger partial charge in [0.2, 0.25) is 0 Å². The van der Waals surface area contributed by atoms with Gasteiger partial charge >= 0.3 is 5.97 Å². The molecule has 0 amide bonds. The Labute approximate surface area is 276 Å². The number of aliphatic carboxylic acids is 1. The molecule has 3 fully saturated rings. The summed E-state index contributed by atoms with van der Waals surface area (Å²) in [4.78, 5) is 36.7. The summed E-state index contributed by atoms with van der Waals surface area (Å²) in [6.45, 7) is 4.88. The van der Waals surface area contributed by atoms with E-state index < -0.39 is 35.5 Å². The number of allylic oxidation sites excluding steroid dienone is 4. The van der Waals surface area contributed by atoms with Crippen molar-refractivity contribution in [2.24, 2.45) is 28.6 Å². The number of aliphatic hydroxyl groups excluding tert-OH is 2. The second-order valence-electron chi connectivity index (χ2n) is 13.5. The Hall–Kier alpha value is -2.23. The van der Waals surface area contributed by atoms with Gasteiger partial charge in [-0.05, 0) is 86.6 Å². The number of hydrogen-bond donors (Lipinski definition) is 4. The lowest BCUT2D eigenvalue weighted by atomic mass is 9.46. The molecule has 8 nitrogen and oxygen atoms in total. The molecule has 0 bridgehead atoms. The van der Waals surface area contributed by atoms with Crippen LogP contribution in [0.3, 0.4) is 0 Å². The van der Waals surface area contributed by atoms with Gasteiger partial charge in [-0.25, -0.2) is 0 Å². The zero-order valence-corrected chi connectivity index (χ0v) is 27.8. The molecule has 5 rings (SSSR count). The SMILES string of the molecule is C[C@]12C=CC(=O)C=C1CC[C@@H]1[C@@H]2[C@@H](O)C[C@@]2(C)[C@H]1CC[C@]2(O)C(=O)CO.O=C(O)CCCc1ccc(N(CCCl)CCCl)cc1. The predicted molar refractivity (Wildman–Crippen MR) is 176 cm³/mol. The van der Waals surface area contributed by atoms with Gasteiger partial charge in [-0.1, -0.05) is 37.6 Å². The van der Waals surface area contributed by atoms with E-state index in [0.717, 1.165) is 55.6 Å². The summed E-state index contributed by atoms with van der Waals surface area (Å²) < 4.78 is 0. The summed E-state index contributed by atoms with van der Waals surface area (Å²) in [6, 6.07) is 8.14. The Kier molecular flexibility index (Phi) is 11.6. The van der Waals surface area contributed by atoms with Crippen molar-refractivity contribution in [1.29, 1.82) is 0 Å². The number of aryl methyl sites for hydroxylation is 1. The number of anilines is 1. The first-order chi connectivity index (χ1) is 21.3. The Morgan fingerprint density at radius 3 is 2.33 bits per heavy atom. The van der Waals surface area contributed by atoms with Crippen molar-refractivity contribution in [3.05, 3.63) is 53.6 Å². The van der Waals surface area contributed by atoms with Crippen LogP contribution in [-0.4, -0.2) is 81.1 Å². The number of fused-ring (bicyclic) bond motifs is 5. The third kappa shape index (κ3) is 7.05. The van der Waals surface area contributed by atoms with E-state index in [1.165, 1.54) is 0 Å². The molecule has 4 aliphatic rings. The molecule has 0 radical (unpaired) electrons. The smallest absolute Gasteiger partial charge is 0.303 e. The van der Waals surface area contributed by atoms with E-state index in [0.29, 0.717) is 31.0 Å². The molecule has 0 heterocycles. The lowest BCUT2D eigenvalue weighted by Crippen LogP contribution is -2.61. The molecule has 0 unspecified atom stereocenters. The van der Waals surface area contributed by atoms with Crippen LogP contribution in [0.25, 0.3) is 0 Å². The first kappa shape index (κ1) is 35.6. The van der Waals surface area contributed by atoms with E-state index in [1.54, 1.807) is 12.2 Å². The van der Waals surface area contributed by atoms with Gasteiger partial charge in [0.1, 0.15) is 12.2 Å². The maximum absolute atomic E-state index is 12.4. The van der Waals surface area contributed by atoms with Crippen LogP contribution in [0.5, 0.6) is 0 Å². The minimum atomic E-state index is -1.56. The van der Waals surface area contributed by atoms with E-state index in [2.05, 4.69) is 11.8 Å². The normalized spacial score (nSPS) is 33.2. The minimum absolute atomic E-state index is 0.00912. The van der Waals surface area contributed by atoms with Crippen molar-refractivity contribution in [3.63, 3.8) is 0 Å². The highest BCUT2D eigenvalue weighted by atomic mass is 35.5. The minimum Gasteiger partial charge on any atom is -0.481 e. The molecule has 1 aromatic carbocycles. The first-order valence-corrected chi connectivity index (χ1v) is 17.1. The van der Waals surface area contributed by atoms with Gasteiger partial charge in [0.15, 0.2) is 11.6 Å². The molecule has 4 aliphatic carbocycles. The van der Waals surface area contributed by atoms with E-state index in [4.69, 9.17) is 28.3 Å². The van der Waals surface area contributed by atoms with Gasteiger partial charge in [-0.15, -0.1) is 23.2 Å². The van der Waals surface area contributed by atoms with Gasteiger partial charge in [-0.2, -0.15) is 0 Å². The Bertz CT molecular complexity index is 1290. The van der Waals surface area contributed by atoms with Crippen LogP contribution in [0.15, 0.2) is 48.1 Å². The molecule has 3 saturated carbocycles. The topological polar surface area (TPSA) is 135 Å². The number of Topliss-reactive ketones (excluding diaryl/α,β-unsaturated/α-hetero) is 1. The standard InChI is InChI=1S/C21H28O5.C14H19Cl2NO2/c1-19-7-5-13(23)9-12(19)3-4-14-15-6-8-21(26,17(25)11-22)20(15,2)10-16(24)18(14)19;15-8-10-17(11-9-16)13-6-4-12(5-7-13)2-1-3-14(18)19/h5,7,9,14-16,18,22,24,26H,3-4,6,8,10-11H2,1-2H3;4-7H,1-3,8-11H2,(H,18,19)/t14-,15-,16-,18+,19-,20-,21-;/m0./s1. The van der Waals surface area contributed by atoms with Crippen LogP contribution in [0.4, 0.5) is 5.69 Å². The molecular weight excluding hydrogens is 617 g/mol. The van der Waals surface area contributed by atoms with Crippen molar-refractivity contribution in [1.82, 2.24) is 0 Å². The molecule has 1 aromatic rings. The zero-order valence-electron chi connectivity index (χ0n) is 26.3.